The van der Waals surface area contributed by atoms with Crippen molar-refractivity contribution in [3.8, 4) is 0 Å². The standard InChI is InChI=1S/C12H20N4O3S/c1-9-12(11(8-17)14-13-9)20(18,19)16-6-5-15-4-2-3-10(15)7-16/h10,17H,2-8H2,1H3,(H,13,14). The van der Waals surface area contributed by atoms with E-state index in [1.54, 1.807) is 6.92 Å². The van der Waals surface area contributed by atoms with Crippen LogP contribution in [0.25, 0.3) is 0 Å². The van der Waals surface area contributed by atoms with E-state index >= 15 is 0 Å². The summed E-state index contributed by atoms with van der Waals surface area (Å²) in [7, 11) is -3.58. The van der Waals surface area contributed by atoms with Crippen molar-refractivity contribution in [3.63, 3.8) is 0 Å². The maximum atomic E-state index is 12.8. The van der Waals surface area contributed by atoms with Crippen LogP contribution in [0, 0.1) is 6.92 Å². The Labute approximate surface area is 118 Å². The summed E-state index contributed by atoms with van der Waals surface area (Å²) in [4.78, 5) is 2.51. The number of aromatic nitrogens is 2. The molecule has 0 aromatic carbocycles. The third-order valence-corrected chi connectivity index (χ3v) is 6.33. The normalized spacial score (nSPS) is 25.0. The van der Waals surface area contributed by atoms with Gasteiger partial charge in [-0.1, -0.05) is 0 Å². The van der Waals surface area contributed by atoms with E-state index in [0.717, 1.165) is 25.9 Å². The first-order valence-corrected chi connectivity index (χ1v) is 8.37. The van der Waals surface area contributed by atoms with Crippen molar-refractivity contribution in [2.24, 2.45) is 0 Å². The van der Waals surface area contributed by atoms with Gasteiger partial charge in [0.05, 0.1) is 12.3 Å². The van der Waals surface area contributed by atoms with Crippen LogP contribution in [0.15, 0.2) is 4.90 Å². The highest BCUT2D eigenvalue weighted by Gasteiger charge is 2.38. The van der Waals surface area contributed by atoms with Crippen molar-refractivity contribution >= 4 is 10.0 Å². The molecule has 0 spiro atoms. The second kappa shape index (κ2) is 5.10. The van der Waals surface area contributed by atoms with Crippen LogP contribution < -0.4 is 0 Å². The lowest BCUT2D eigenvalue weighted by atomic mass is 10.2. The number of aromatic amines is 1. The minimum atomic E-state index is -3.58. The van der Waals surface area contributed by atoms with Gasteiger partial charge in [0.1, 0.15) is 10.6 Å². The fourth-order valence-electron chi connectivity index (χ4n) is 3.23. The van der Waals surface area contributed by atoms with E-state index < -0.39 is 10.0 Å². The van der Waals surface area contributed by atoms with Gasteiger partial charge in [0.2, 0.25) is 10.0 Å². The molecule has 1 aromatic rings. The molecule has 1 atom stereocenters. The molecule has 1 aromatic heterocycles. The summed E-state index contributed by atoms with van der Waals surface area (Å²) < 4.78 is 27.1. The van der Waals surface area contributed by atoms with E-state index in [1.165, 1.54) is 4.31 Å². The van der Waals surface area contributed by atoms with E-state index in [2.05, 4.69) is 15.1 Å². The molecule has 2 N–H and O–H groups in total. The molecule has 3 rings (SSSR count). The fraction of sp³-hybridized carbons (Fsp3) is 0.750. The van der Waals surface area contributed by atoms with Gasteiger partial charge in [0.25, 0.3) is 0 Å². The molecule has 0 amide bonds. The number of aliphatic hydroxyl groups is 1. The van der Waals surface area contributed by atoms with E-state index in [9.17, 15) is 13.5 Å². The number of hydrogen-bond acceptors (Lipinski definition) is 5. The van der Waals surface area contributed by atoms with Gasteiger partial charge in [0, 0.05) is 25.7 Å². The van der Waals surface area contributed by atoms with Gasteiger partial charge in [0.15, 0.2) is 0 Å². The lowest BCUT2D eigenvalue weighted by Crippen LogP contribution is -2.52. The van der Waals surface area contributed by atoms with Crippen LogP contribution >= 0.6 is 0 Å². The number of aryl methyl sites for hydroxylation is 1. The van der Waals surface area contributed by atoms with Gasteiger partial charge in [-0.15, -0.1) is 0 Å². The highest BCUT2D eigenvalue weighted by Crippen LogP contribution is 2.28. The smallest absolute Gasteiger partial charge is 0.246 e. The molecule has 20 heavy (non-hydrogen) atoms. The van der Waals surface area contributed by atoms with Crippen molar-refractivity contribution in [1.82, 2.24) is 19.4 Å². The molecular formula is C12H20N4O3S. The molecule has 0 radical (unpaired) electrons. The van der Waals surface area contributed by atoms with Crippen LogP contribution in [-0.2, 0) is 16.6 Å². The second-order valence-corrected chi connectivity index (χ2v) is 7.35. The van der Waals surface area contributed by atoms with E-state index in [1.807, 2.05) is 0 Å². The average Bonchev–Trinajstić information content (AvgIpc) is 3.03. The van der Waals surface area contributed by atoms with Crippen molar-refractivity contribution < 1.29 is 13.5 Å². The molecular weight excluding hydrogens is 280 g/mol. The Morgan fingerprint density at radius 3 is 2.95 bits per heavy atom. The van der Waals surface area contributed by atoms with Crippen molar-refractivity contribution in [1.29, 1.82) is 0 Å². The Hall–Kier alpha value is -0.960. The van der Waals surface area contributed by atoms with Crippen molar-refractivity contribution in [2.75, 3.05) is 26.2 Å². The van der Waals surface area contributed by atoms with Gasteiger partial charge in [-0.25, -0.2) is 8.42 Å². The van der Waals surface area contributed by atoms with Crippen LogP contribution in [0.4, 0.5) is 0 Å². The number of fused-ring (bicyclic) bond motifs is 1. The van der Waals surface area contributed by atoms with Crippen molar-refractivity contribution in [2.45, 2.75) is 37.3 Å². The molecule has 2 aliphatic heterocycles. The van der Waals surface area contributed by atoms with E-state index in [4.69, 9.17) is 0 Å². The number of H-pyrrole nitrogens is 1. The van der Waals surface area contributed by atoms with Crippen molar-refractivity contribution in [3.05, 3.63) is 11.4 Å². The Kier molecular flexibility index (Phi) is 3.57. The molecule has 2 aliphatic rings. The van der Waals surface area contributed by atoms with E-state index in [0.29, 0.717) is 24.8 Å². The SMILES string of the molecule is Cc1[nH]nc(CO)c1S(=O)(=O)N1CCN2CCCC2C1. The summed E-state index contributed by atoms with van der Waals surface area (Å²) in [5.41, 5.74) is 0.694. The van der Waals surface area contributed by atoms with Gasteiger partial charge in [-0.3, -0.25) is 10.00 Å². The zero-order chi connectivity index (χ0) is 14.3. The molecule has 7 nitrogen and oxygen atoms in total. The summed E-state index contributed by atoms with van der Waals surface area (Å²) in [6, 6.07) is 0.336. The topological polar surface area (TPSA) is 89.5 Å². The average molecular weight is 300 g/mol. The van der Waals surface area contributed by atoms with Crippen LogP contribution in [-0.4, -0.2) is 65.1 Å². The number of rotatable bonds is 3. The Bertz CT molecular complexity index is 598. The maximum Gasteiger partial charge on any atom is 0.246 e. The second-order valence-electron chi connectivity index (χ2n) is 5.48. The van der Waals surface area contributed by atoms with Gasteiger partial charge in [-0.05, 0) is 26.3 Å². The monoisotopic (exact) mass is 300 g/mol. The highest BCUT2D eigenvalue weighted by molar-refractivity contribution is 7.89. The minimum absolute atomic E-state index is 0.145. The number of nitrogens with zero attached hydrogens (tertiary/aromatic N) is 3. The van der Waals surface area contributed by atoms with Gasteiger partial charge >= 0.3 is 0 Å². The maximum absolute atomic E-state index is 12.8. The number of piperazine rings is 1. The third-order valence-electron chi connectivity index (χ3n) is 4.26. The zero-order valence-electron chi connectivity index (χ0n) is 11.5. The van der Waals surface area contributed by atoms with E-state index in [-0.39, 0.29) is 17.2 Å². The lowest BCUT2D eigenvalue weighted by molar-refractivity contribution is 0.158. The first-order chi connectivity index (χ1) is 9.54. The third kappa shape index (κ3) is 2.16. The van der Waals surface area contributed by atoms with Crippen LogP contribution in [0.5, 0.6) is 0 Å². The van der Waals surface area contributed by atoms with Crippen LogP contribution in [0.1, 0.15) is 24.2 Å². The number of aliphatic hydroxyl groups excluding tert-OH is 1. The number of hydrogen-bond donors (Lipinski definition) is 2. The number of sulfonamides is 1. The summed E-state index contributed by atoms with van der Waals surface area (Å²) in [6.07, 6.45) is 2.20. The molecule has 2 saturated heterocycles. The zero-order valence-corrected chi connectivity index (χ0v) is 12.4. The molecule has 1 unspecified atom stereocenters. The first kappa shape index (κ1) is 14.0. The fourth-order valence-corrected chi connectivity index (χ4v) is 5.02. The molecule has 112 valence electrons. The predicted molar refractivity (Wildman–Crippen MR) is 72.6 cm³/mol. The minimum Gasteiger partial charge on any atom is -0.390 e. The largest absolute Gasteiger partial charge is 0.390 e. The number of nitrogens with one attached hydrogen (secondary N) is 1. The molecule has 0 bridgehead atoms. The Morgan fingerprint density at radius 2 is 2.20 bits per heavy atom. The molecule has 0 aliphatic carbocycles. The molecule has 2 fully saturated rings. The summed E-state index contributed by atoms with van der Waals surface area (Å²) in [5, 5.41) is 15.8. The molecule has 3 heterocycles. The Balaban J connectivity index is 1.90. The highest BCUT2D eigenvalue weighted by atomic mass is 32.2. The lowest BCUT2D eigenvalue weighted by Gasteiger charge is -2.36. The summed E-state index contributed by atoms with van der Waals surface area (Å²) in [5.74, 6) is 0. The molecule has 8 heteroatoms. The molecule has 0 saturated carbocycles. The van der Waals surface area contributed by atoms with Gasteiger partial charge in [-0.2, -0.15) is 9.40 Å². The predicted octanol–water partition coefficient (Wildman–Crippen LogP) is -0.321. The van der Waals surface area contributed by atoms with Crippen LogP contribution in [0.3, 0.4) is 0 Å². The van der Waals surface area contributed by atoms with Gasteiger partial charge < -0.3 is 5.11 Å². The van der Waals surface area contributed by atoms with Crippen LogP contribution in [0.2, 0.25) is 0 Å². The summed E-state index contributed by atoms with van der Waals surface area (Å²) >= 11 is 0. The quantitative estimate of drug-likeness (QED) is 0.798. The Morgan fingerprint density at radius 1 is 1.40 bits per heavy atom. The first-order valence-electron chi connectivity index (χ1n) is 6.93. The summed E-state index contributed by atoms with van der Waals surface area (Å²) in [6.45, 7) is 4.21.